The molecule has 464 valence electrons. The molecule has 0 spiro atoms. The third-order valence-corrected chi connectivity index (χ3v) is 15.7. The third kappa shape index (κ3) is 22.4. The van der Waals surface area contributed by atoms with Crippen molar-refractivity contribution in [2.45, 2.75) is 128 Å². The summed E-state index contributed by atoms with van der Waals surface area (Å²) in [5.74, 6) is -0.840. The predicted molar refractivity (Wildman–Crippen MR) is 309 cm³/mol. The van der Waals surface area contributed by atoms with Crippen LogP contribution in [0.4, 0.5) is 60.5 Å². The Morgan fingerprint density at radius 1 is 0.553 bits per heavy atom. The maximum atomic E-state index is 13.3. The van der Waals surface area contributed by atoms with E-state index in [-0.39, 0.29) is 77.9 Å². The number of halogens is 7. The zero-order valence-corrected chi connectivity index (χ0v) is 50.8. The molecule has 1 amide bonds. The van der Waals surface area contributed by atoms with Gasteiger partial charge in [0.15, 0.2) is 0 Å². The first-order chi connectivity index (χ1) is 39.0. The Morgan fingerprint density at radius 2 is 0.918 bits per heavy atom. The fraction of sp³-hybridized carbons (Fsp3) is 0.567. The fourth-order valence-electron chi connectivity index (χ4n) is 10.7. The first kappa shape index (κ1) is 71.6. The van der Waals surface area contributed by atoms with Gasteiger partial charge in [0, 0.05) is 138 Å². The number of nitro groups is 2. The number of quaternary nitrogens is 1. The molecule has 0 aromatic heterocycles. The van der Waals surface area contributed by atoms with Crippen LogP contribution in [0.25, 0.3) is 0 Å². The van der Waals surface area contributed by atoms with Crippen LogP contribution in [0.3, 0.4) is 0 Å². The fourth-order valence-corrected chi connectivity index (χ4v) is 10.7. The Labute approximate surface area is 513 Å². The van der Waals surface area contributed by atoms with E-state index < -0.39 is 50.7 Å². The van der Waals surface area contributed by atoms with E-state index in [9.17, 15) is 61.3 Å². The number of nitrogens with zero attached hydrogens (tertiary/aromatic N) is 7. The second-order valence-corrected chi connectivity index (χ2v) is 23.9. The van der Waals surface area contributed by atoms with Crippen LogP contribution in [0, 0.1) is 20.2 Å². The van der Waals surface area contributed by atoms with Gasteiger partial charge in [0.2, 0.25) is 5.91 Å². The Morgan fingerprint density at radius 3 is 1.26 bits per heavy atom. The summed E-state index contributed by atoms with van der Waals surface area (Å²) < 4.78 is 78.3. The molecule has 4 saturated heterocycles. The molecule has 4 aromatic carbocycles. The number of benzene rings is 4. The van der Waals surface area contributed by atoms with Crippen LogP contribution >= 0.6 is 0 Å². The number of nitrogens with two attached hydrogens (primary N) is 1. The van der Waals surface area contributed by atoms with Crippen molar-refractivity contribution in [1.82, 2.24) is 14.7 Å². The van der Waals surface area contributed by atoms with Crippen molar-refractivity contribution in [2.24, 2.45) is 0 Å². The summed E-state index contributed by atoms with van der Waals surface area (Å²) in [5.41, 5.74) is 1.65. The van der Waals surface area contributed by atoms with Gasteiger partial charge in [0.05, 0.1) is 22.9 Å². The molecular weight excluding hydrogens is 1130 g/mol. The second-order valence-electron chi connectivity index (χ2n) is 23.9. The molecule has 17 nitrogen and oxygen atoms in total. The van der Waals surface area contributed by atoms with Crippen LogP contribution < -0.4 is 62.1 Å². The first-order valence-corrected chi connectivity index (χ1v) is 28.7. The number of rotatable bonds is 16. The van der Waals surface area contributed by atoms with Crippen LogP contribution in [0.2, 0.25) is 0 Å². The number of nitro benzene ring substituents is 2. The molecule has 0 radical (unpaired) electrons. The standard InChI is InChI=1S/C30H40F3N5O3.C18H28N2O2.C12H14F3N3O2.ClH.Li/c1-29(2,3)22-6-9-25(10-7-22)36-19-17-35(18-20-36)14-4-5-28(39)37-15-12-23(13-16-37)34-24-8-11-27(38(40)41)26(21-24)30(31,32)33;1-18(2,3)15-6-8-16(9-7-15)20-13-11-19(12-14-20)10-4-5-17(21)22;13-12(14,15)10-7-9(1-2-11(10)18(19)20)17-8-3-5-16-6-4-8;;/h6-11,21,23,34H,4-5,12-20H2,1-3H3;6-9H,4-5,10-14H2,1-3H3,(H,21,22);1-2,7-8,16-17H,3-6H2;1H;/q;;;;+1/p-1. The third-order valence-electron chi connectivity index (χ3n) is 15.7. The van der Waals surface area contributed by atoms with Crippen molar-refractivity contribution in [3.63, 3.8) is 0 Å². The van der Waals surface area contributed by atoms with Gasteiger partial charge in [0.1, 0.15) is 11.1 Å². The predicted octanol–water partition coefficient (Wildman–Crippen LogP) is 3.31. The van der Waals surface area contributed by atoms with E-state index in [1.54, 1.807) is 0 Å². The molecular formula is C60H82ClF6LiN10O7. The molecule has 85 heavy (non-hydrogen) atoms. The number of piperidine rings is 2. The Bertz CT molecular complexity index is 2760. The molecule has 25 heteroatoms. The number of carbonyl (C=O) groups excluding carboxylic acids is 2. The number of likely N-dealkylation sites (tertiary alicyclic amines) is 1. The van der Waals surface area contributed by atoms with Crippen LogP contribution in [0.5, 0.6) is 0 Å². The smallest absolute Gasteiger partial charge is 1.00 e. The zero-order valence-electron chi connectivity index (χ0n) is 50.0. The monoisotopic (exact) mass is 1210 g/mol. The molecule has 4 N–H and O–H groups in total. The van der Waals surface area contributed by atoms with Gasteiger partial charge < -0.3 is 53.0 Å². The number of alkyl halides is 6. The maximum absolute atomic E-state index is 13.3. The van der Waals surface area contributed by atoms with E-state index in [0.717, 1.165) is 122 Å². The SMILES string of the molecule is CC(C)(C)c1ccc(N2CCN(CCCC(=O)N3CCC(Nc4ccc([N+](=O)[O-])c(C(F)(F)F)c4)CC3)CC2)cc1.CC(C)(C)c1ccc(N2CCN(CCCC(=O)[O-])CC2)cc1.O=[N+]([O-])c1ccc(NC2CC[NH2+]CC2)cc1C(F)(F)F.[Cl-].[Li+]. The number of carboxylic acids is 1. The second kappa shape index (κ2) is 32.2. The Hall–Kier alpha value is -5.83. The van der Waals surface area contributed by atoms with Crippen LogP contribution in [-0.2, 0) is 32.8 Å². The normalized spacial score (nSPS) is 16.8. The molecule has 4 aliphatic rings. The van der Waals surface area contributed by atoms with Gasteiger partial charge >= 0.3 is 31.2 Å². The average molecular weight is 1210 g/mol. The Kier molecular flexibility index (Phi) is 27.2. The molecule has 4 heterocycles. The first-order valence-electron chi connectivity index (χ1n) is 28.7. The maximum Gasteiger partial charge on any atom is 1.00 e. The molecule has 0 atom stereocenters. The molecule has 8 rings (SSSR count). The van der Waals surface area contributed by atoms with Gasteiger partial charge in [-0.3, -0.25) is 34.8 Å². The van der Waals surface area contributed by atoms with Crippen molar-refractivity contribution >= 4 is 46.0 Å². The topological polar surface area (TPSA) is 200 Å². The van der Waals surface area contributed by atoms with Crippen LogP contribution in [0.1, 0.15) is 115 Å². The summed E-state index contributed by atoms with van der Waals surface area (Å²) in [7, 11) is 0. The summed E-state index contributed by atoms with van der Waals surface area (Å²) in [5, 5.41) is 40.3. The van der Waals surface area contributed by atoms with E-state index >= 15 is 0 Å². The van der Waals surface area contributed by atoms with Gasteiger partial charge in [-0.1, -0.05) is 65.8 Å². The van der Waals surface area contributed by atoms with Crippen LogP contribution in [-0.4, -0.2) is 140 Å². The number of hydrogen-bond donors (Lipinski definition) is 3. The molecule has 0 unspecified atom stereocenters. The Balaban J connectivity index is 0.000000297. The van der Waals surface area contributed by atoms with E-state index in [0.29, 0.717) is 38.8 Å². The van der Waals surface area contributed by atoms with Crippen molar-refractivity contribution in [3.05, 3.63) is 127 Å². The minimum Gasteiger partial charge on any atom is -1.00 e. The number of amides is 1. The van der Waals surface area contributed by atoms with Crippen molar-refractivity contribution in [2.75, 3.05) is 112 Å². The molecule has 0 bridgehead atoms. The summed E-state index contributed by atoms with van der Waals surface area (Å²) in [6.45, 7) is 25.8. The van der Waals surface area contributed by atoms with E-state index in [1.165, 1.54) is 34.6 Å². The molecule has 4 aliphatic heterocycles. The van der Waals surface area contributed by atoms with Crippen molar-refractivity contribution in [3.8, 4) is 0 Å². The minimum atomic E-state index is -4.82. The summed E-state index contributed by atoms with van der Waals surface area (Å²) in [6.07, 6.45) is -4.52. The number of anilines is 4. The number of aliphatic carboxylic acids is 1. The molecule has 0 aliphatic carbocycles. The number of hydrogen-bond acceptors (Lipinski definition) is 13. The van der Waals surface area contributed by atoms with Crippen molar-refractivity contribution in [1.29, 1.82) is 0 Å². The van der Waals surface area contributed by atoms with E-state index in [4.69, 9.17) is 0 Å². The summed E-state index contributed by atoms with van der Waals surface area (Å²) in [4.78, 5) is 54.2. The quantitative estimate of drug-likeness (QED) is 0.0640. The number of piperazine rings is 2. The summed E-state index contributed by atoms with van der Waals surface area (Å²) >= 11 is 0. The minimum absolute atomic E-state index is 0. The van der Waals surface area contributed by atoms with E-state index in [2.05, 4.69) is 126 Å². The van der Waals surface area contributed by atoms with Crippen LogP contribution in [0.15, 0.2) is 84.9 Å². The van der Waals surface area contributed by atoms with Gasteiger partial charge in [-0.2, -0.15) is 26.3 Å². The van der Waals surface area contributed by atoms with Gasteiger partial charge in [-0.25, -0.2) is 0 Å². The summed E-state index contributed by atoms with van der Waals surface area (Å²) in [6, 6.07) is 23.7. The van der Waals surface area contributed by atoms with Gasteiger partial charge in [0.25, 0.3) is 11.4 Å². The van der Waals surface area contributed by atoms with Gasteiger partial charge in [-0.15, -0.1) is 0 Å². The average Bonchev–Trinajstić information content (AvgIpc) is 3.65. The molecule has 0 saturated carbocycles. The largest absolute Gasteiger partial charge is 1.00 e. The zero-order chi connectivity index (χ0) is 60.7. The van der Waals surface area contributed by atoms with Crippen molar-refractivity contribution < 1.29 is 87.5 Å². The number of carbonyl (C=O) groups is 2. The molecule has 4 fully saturated rings. The molecule has 4 aromatic rings. The van der Waals surface area contributed by atoms with Gasteiger partial charge in [-0.05, 0) is 116 Å². The number of nitrogens with one attached hydrogen (secondary N) is 2. The number of carboxylic acid groups (broad SMARTS) is 1. The van der Waals surface area contributed by atoms with E-state index in [1.807, 2.05) is 4.90 Å².